The molecule has 3 heterocycles. The highest BCUT2D eigenvalue weighted by molar-refractivity contribution is 5.97. The molecular formula is C32H39N7O3. The fourth-order valence-corrected chi connectivity index (χ4v) is 6.02. The number of carbonyl (C=O) groups is 1. The van der Waals surface area contributed by atoms with Gasteiger partial charge in [-0.25, -0.2) is 14.6 Å². The van der Waals surface area contributed by atoms with Crippen LogP contribution in [0.5, 0.6) is 17.2 Å². The Labute approximate surface area is 246 Å². The van der Waals surface area contributed by atoms with Crippen LogP contribution in [0.4, 0.5) is 5.69 Å². The van der Waals surface area contributed by atoms with Crippen molar-refractivity contribution in [3.05, 3.63) is 83.2 Å². The van der Waals surface area contributed by atoms with Gasteiger partial charge >= 0.3 is 0 Å². The predicted molar refractivity (Wildman–Crippen MR) is 162 cm³/mol. The number of amides is 1. The molecule has 1 saturated heterocycles. The Bertz CT molecular complexity index is 1550. The molecule has 0 unspecified atom stereocenters. The molecule has 2 fully saturated rings. The van der Waals surface area contributed by atoms with E-state index in [1.807, 2.05) is 70.2 Å². The van der Waals surface area contributed by atoms with E-state index in [-0.39, 0.29) is 11.6 Å². The molecule has 6 rings (SSSR count). The van der Waals surface area contributed by atoms with Gasteiger partial charge in [0.05, 0.1) is 17.1 Å². The fourth-order valence-electron chi connectivity index (χ4n) is 6.02. The van der Waals surface area contributed by atoms with Gasteiger partial charge < -0.3 is 25.8 Å². The van der Waals surface area contributed by atoms with Gasteiger partial charge in [-0.1, -0.05) is 13.8 Å². The van der Waals surface area contributed by atoms with E-state index in [2.05, 4.69) is 21.9 Å². The molecule has 2 aromatic heterocycles. The van der Waals surface area contributed by atoms with Crippen LogP contribution in [0.15, 0.2) is 54.9 Å². The number of anilines is 1. The molecule has 2 aliphatic rings. The number of benzene rings is 2. The van der Waals surface area contributed by atoms with Crippen molar-refractivity contribution < 1.29 is 14.3 Å². The molecule has 10 nitrogen and oxygen atoms in total. The van der Waals surface area contributed by atoms with Crippen LogP contribution in [0.3, 0.4) is 0 Å². The molecule has 1 saturated carbocycles. The van der Waals surface area contributed by atoms with Crippen LogP contribution in [0.1, 0.15) is 65.7 Å². The summed E-state index contributed by atoms with van der Waals surface area (Å²) >= 11 is 0. The van der Waals surface area contributed by atoms with Gasteiger partial charge in [0, 0.05) is 43.0 Å². The third-order valence-corrected chi connectivity index (χ3v) is 7.72. The van der Waals surface area contributed by atoms with E-state index >= 15 is 0 Å². The summed E-state index contributed by atoms with van der Waals surface area (Å²) in [5.41, 5.74) is 16.5. The van der Waals surface area contributed by atoms with Gasteiger partial charge in [0.1, 0.15) is 29.7 Å². The largest absolute Gasteiger partial charge is 0.489 e. The molecule has 10 heteroatoms. The lowest BCUT2D eigenvalue weighted by molar-refractivity contribution is -0.0591. The van der Waals surface area contributed by atoms with Crippen LogP contribution in [0, 0.1) is 19.3 Å². The first-order valence-corrected chi connectivity index (χ1v) is 14.4. The Morgan fingerprint density at radius 1 is 1.00 bits per heavy atom. The molecule has 0 radical (unpaired) electrons. The Morgan fingerprint density at radius 3 is 2.26 bits per heavy atom. The second-order valence-electron chi connectivity index (χ2n) is 11.2. The zero-order chi connectivity index (χ0) is 30.0. The molecular weight excluding hydrogens is 530 g/mol. The minimum atomic E-state index is -0.599. The van der Waals surface area contributed by atoms with E-state index in [1.54, 1.807) is 17.1 Å². The summed E-state index contributed by atoms with van der Waals surface area (Å²) in [5.74, 6) is 2.32. The average Bonchev–Trinajstić information content (AvgIpc) is 3.27. The Morgan fingerprint density at radius 2 is 1.64 bits per heavy atom. The van der Waals surface area contributed by atoms with Gasteiger partial charge in [0.15, 0.2) is 5.69 Å². The van der Waals surface area contributed by atoms with E-state index in [4.69, 9.17) is 26.0 Å². The van der Waals surface area contributed by atoms with Crippen molar-refractivity contribution in [1.82, 2.24) is 24.6 Å². The predicted octanol–water partition coefficient (Wildman–Crippen LogP) is 5.17. The van der Waals surface area contributed by atoms with Crippen molar-refractivity contribution in [2.45, 2.75) is 53.1 Å². The molecule has 220 valence electrons. The molecule has 1 aliphatic carbocycles. The highest BCUT2D eigenvalue weighted by Gasteiger charge is 2.52. The first-order chi connectivity index (χ1) is 20.2. The summed E-state index contributed by atoms with van der Waals surface area (Å²) in [5, 5.41) is 4.76. The van der Waals surface area contributed by atoms with E-state index in [0.717, 1.165) is 48.6 Å². The summed E-state index contributed by atoms with van der Waals surface area (Å²) in [7, 11) is 2.13. The van der Waals surface area contributed by atoms with Crippen LogP contribution >= 0.6 is 0 Å². The average molecular weight is 570 g/mol. The van der Waals surface area contributed by atoms with Gasteiger partial charge in [-0.15, -0.1) is 0 Å². The number of hydrogen-bond acceptors (Lipinski definition) is 8. The van der Waals surface area contributed by atoms with Crippen molar-refractivity contribution in [3.63, 3.8) is 0 Å². The number of nitrogen functional groups attached to an aromatic ring is 1. The van der Waals surface area contributed by atoms with Crippen molar-refractivity contribution in [3.8, 4) is 22.9 Å². The molecule has 0 atom stereocenters. The van der Waals surface area contributed by atoms with Crippen LogP contribution in [-0.4, -0.2) is 50.7 Å². The normalized spacial score (nSPS) is 15.7. The maximum absolute atomic E-state index is 12.4. The lowest BCUT2D eigenvalue weighted by atomic mass is 9.57. The fraction of sp³-hybridized carbons (Fsp3) is 0.375. The second-order valence-corrected chi connectivity index (χ2v) is 11.2. The number of aryl methyl sites for hydroxylation is 2. The maximum atomic E-state index is 12.4. The van der Waals surface area contributed by atoms with Crippen LogP contribution in [-0.2, 0) is 6.61 Å². The number of nitrogens with zero attached hydrogens (tertiary/aromatic N) is 5. The monoisotopic (exact) mass is 569 g/mol. The highest BCUT2D eigenvalue weighted by Crippen LogP contribution is 2.56. The third kappa shape index (κ3) is 5.94. The van der Waals surface area contributed by atoms with E-state index < -0.39 is 5.91 Å². The number of primary amides is 1. The van der Waals surface area contributed by atoms with E-state index in [1.165, 1.54) is 0 Å². The zero-order valence-electron chi connectivity index (χ0n) is 24.9. The van der Waals surface area contributed by atoms with Crippen LogP contribution in [0.2, 0.25) is 0 Å². The Balaban J connectivity index is 0.00000173. The number of nitrogens with two attached hydrogens (primary N) is 2. The number of ether oxygens (including phenoxy) is 2. The molecule has 1 amide bonds. The lowest BCUT2D eigenvalue weighted by Gasteiger charge is -2.58. The second kappa shape index (κ2) is 11.8. The topological polar surface area (TPSA) is 134 Å². The number of rotatable bonds is 8. The number of carbonyl (C=O) groups excluding carboxylic acids is 1. The molecule has 1 spiro atoms. The Kier molecular flexibility index (Phi) is 8.17. The third-order valence-electron chi connectivity index (χ3n) is 7.72. The smallest absolute Gasteiger partial charge is 0.269 e. The van der Waals surface area contributed by atoms with Crippen molar-refractivity contribution in [2.75, 3.05) is 25.9 Å². The number of hydrogen-bond donors (Lipinski definition) is 2. The minimum Gasteiger partial charge on any atom is -0.489 e. The lowest BCUT2D eigenvalue weighted by Crippen LogP contribution is -2.60. The van der Waals surface area contributed by atoms with Gasteiger partial charge in [-0.05, 0) is 81.1 Å². The maximum Gasteiger partial charge on any atom is 0.269 e. The first-order valence-electron chi connectivity index (χ1n) is 14.4. The summed E-state index contributed by atoms with van der Waals surface area (Å²) in [6, 6.07) is 13.1. The van der Waals surface area contributed by atoms with Gasteiger partial charge in [0.2, 0.25) is 0 Å². The molecule has 4 aromatic rings. The Hall–Kier alpha value is -4.44. The summed E-state index contributed by atoms with van der Waals surface area (Å²) in [6.07, 6.45) is 5.58. The molecule has 0 bridgehead atoms. The van der Waals surface area contributed by atoms with Gasteiger partial charge in [-0.2, -0.15) is 5.10 Å². The SMILES string of the molecule is CC.Cc1cc(OCc2cnc(C)nc2)cc(Oc2ccc(-n3nc(C4CC5(C4)CN(C)C5)c(N)c3C(N)=O)cc2)c1. The van der Waals surface area contributed by atoms with Crippen molar-refractivity contribution in [1.29, 1.82) is 0 Å². The van der Waals surface area contributed by atoms with Crippen LogP contribution in [0.25, 0.3) is 5.69 Å². The molecule has 4 N–H and O–H groups in total. The number of aromatic nitrogens is 4. The molecule has 2 aromatic carbocycles. The zero-order valence-corrected chi connectivity index (χ0v) is 24.9. The minimum absolute atomic E-state index is 0.217. The van der Waals surface area contributed by atoms with E-state index in [9.17, 15) is 4.79 Å². The van der Waals surface area contributed by atoms with E-state index in [0.29, 0.717) is 40.6 Å². The highest BCUT2D eigenvalue weighted by atomic mass is 16.5. The van der Waals surface area contributed by atoms with Crippen molar-refractivity contribution >= 4 is 11.6 Å². The summed E-state index contributed by atoms with van der Waals surface area (Å²) in [4.78, 5) is 23.1. The molecule has 42 heavy (non-hydrogen) atoms. The quantitative estimate of drug-likeness (QED) is 0.297. The van der Waals surface area contributed by atoms with Gasteiger partial charge in [0.25, 0.3) is 5.91 Å². The first kappa shape index (κ1) is 29.1. The van der Waals surface area contributed by atoms with Crippen LogP contribution < -0.4 is 20.9 Å². The molecule has 1 aliphatic heterocycles. The van der Waals surface area contributed by atoms with Gasteiger partial charge in [-0.3, -0.25) is 4.79 Å². The summed E-state index contributed by atoms with van der Waals surface area (Å²) < 4.78 is 13.6. The standard InChI is InChI=1S/C30H33N7O3.C2H6/c1-18-8-24(39-15-20-13-33-19(2)34-14-20)10-25(9-18)40-23-6-4-22(5-7-23)37-28(29(32)38)26(31)27(35-37)21-11-30(12-21)16-36(3)17-30;1-2/h4-10,13-14,21H,11-12,15-17,31H2,1-3H3,(H2,32,38);1-2H3. The summed E-state index contributed by atoms with van der Waals surface area (Å²) in [6.45, 7) is 10.4. The number of likely N-dealkylation sites (tertiary alicyclic amines) is 1. The van der Waals surface area contributed by atoms with Crippen molar-refractivity contribution in [2.24, 2.45) is 11.1 Å².